The number of carboxylic acid groups (broad SMARTS) is 1. The first-order valence-electron chi connectivity index (χ1n) is 6.58. The Hall–Kier alpha value is -1.40. The van der Waals surface area contributed by atoms with Gasteiger partial charge in [0.05, 0.1) is 0 Å². The van der Waals surface area contributed by atoms with Crippen LogP contribution in [0.15, 0.2) is 18.2 Å². The Bertz CT molecular complexity index is 601. The lowest BCUT2D eigenvalue weighted by atomic mass is 9.98. The molecule has 1 aromatic rings. The van der Waals surface area contributed by atoms with E-state index in [2.05, 4.69) is 5.32 Å². The number of fused-ring (bicyclic) bond motifs is 1. The molecule has 0 bridgehead atoms. The number of amides is 1. The Balaban J connectivity index is 1.71. The standard InChI is InChI=1S/C14H14ClNO4S/c15-9-1-2-10-8(5-9)6-11(20-10)12(17)16-14(13(18)19)3-4-21-7-14/h1-2,5,11H,3-4,6-7H2,(H,16,17)(H,18,19)/t11-,14+/m0/s1. The quantitative estimate of drug-likeness (QED) is 0.884. The number of ether oxygens (including phenoxy) is 1. The fraction of sp³-hybridized carbons (Fsp3) is 0.429. The van der Waals surface area contributed by atoms with E-state index in [1.54, 1.807) is 18.2 Å². The number of carbonyl (C=O) groups excluding carboxylic acids is 1. The first-order valence-corrected chi connectivity index (χ1v) is 8.12. The number of aliphatic carboxylic acids is 1. The van der Waals surface area contributed by atoms with Crippen LogP contribution in [0.4, 0.5) is 0 Å². The average Bonchev–Trinajstić information content (AvgIpc) is 3.05. The van der Waals surface area contributed by atoms with Gasteiger partial charge in [-0.05, 0) is 35.9 Å². The Kier molecular flexibility index (Phi) is 3.75. The van der Waals surface area contributed by atoms with Crippen molar-refractivity contribution in [1.29, 1.82) is 0 Å². The van der Waals surface area contributed by atoms with Crippen LogP contribution < -0.4 is 10.1 Å². The SMILES string of the molecule is O=C(N[C@]1(C(=O)O)CCSC1)[C@@H]1Cc2cc(Cl)ccc2O1. The number of carbonyl (C=O) groups is 2. The molecule has 112 valence electrons. The molecule has 1 aromatic carbocycles. The highest BCUT2D eigenvalue weighted by Gasteiger charge is 2.45. The zero-order valence-corrected chi connectivity index (χ0v) is 12.7. The zero-order valence-electron chi connectivity index (χ0n) is 11.1. The topological polar surface area (TPSA) is 75.6 Å². The predicted octanol–water partition coefficient (Wildman–Crippen LogP) is 1.72. The minimum atomic E-state index is -1.17. The average molecular weight is 328 g/mol. The van der Waals surface area contributed by atoms with Crippen LogP contribution in [0.25, 0.3) is 0 Å². The number of benzene rings is 1. The Morgan fingerprint density at radius 2 is 2.29 bits per heavy atom. The Morgan fingerprint density at radius 1 is 1.48 bits per heavy atom. The number of halogens is 1. The first kappa shape index (κ1) is 14.5. The molecule has 1 saturated heterocycles. The Morgan fingerprint density at radius 3 is 2.95 bits per heavy atom. The molecule has 2 atom stereocenters. The maximum atomic E-state index is 12.3. The molecule has 2 N–H and O–H groups in total. The van der Waals surface area contributed by atoms with Gasteiger partial charge in [-0.1, -0.05) is 11.6 Å². The summed E-state index contributed by atoms with van der Waals surface area (Å²) in [6.45, 7) is 0. The normalized spacial score (nSPS) is 27.0. The van der Waals surface area contributed by atoms with Crippen molar-refractivity contribution in [1.82, 2.24) is 5.32 Å². The second-order valence-corrected chi connectivity index (χ2v) is 6.78. The second-order valence-electron chi connectivity index (χ2n) is 5.24. The van der Waals surface area contributed by atoms with E-state index in [0.29, 0.717) is 29.4 Å². The second kappa shape index (κ2) is 5.42. The Labute approximate surface area is 131 Å². The molecule has 7 heteroatoms. The molecular weight excluding hydrogens is 314 g/mol. The molecule has 0 radical (unpaired) electrons. The number of thioether (sulfide) groups is 1. The summed E-state index contributed by atoms with van der Waals surface area (Å²) in [4.78, 5) is 23.8. The molecule has 0 spiro atoms. The molecule has 0 saturated carbocycles. The molecule has 1 amide bonds. The van der Waals surface area contributed by atoms with E-state index in [1.807, 2.05) is 0 Å². The van der Waals surface area contributed by atoms with Crippen LogP contribution in [0, 0.1) is 0 Å². The molecule has 21 heavy (non-hydrogen) atoms. The van der Waals surface area contributed by atoms with Crippen LogP contribution in [-0.2, 0) is 16.0 Å². The van der Waals surface area contributed by atoms with Crippen molar-refractivity contribution in [3.8, 4) is 5.75 Å². The molecule has 2 aliphatic heterocycles. The van der Waals surface area contributed by atoms with Gasteiger partial charge in [-0.2, -0.15) is 11.8 Å². The van der Waals surface area contributed by atoms with Gasteiger partial charge < -0.3 is 15.2 Å². The third-order valence-electron chi connectivity index (χ3n) is 3.78. The fourth-order valence-corrected chi connectivity index (χ4v) is 4.09. The molecule has 1 fully saturated rings. The van der Waals surface area contributed by atoms with Gasteiger partial charge in [0, 0.05) is 17.2 Å². The summed E-state index contributed by atoms with van der Waals surface area (Å²) >= 11 is 7.44. The van der Waals surface area contributed by atoms with Crippen molar-refractivity contribution in [2.45, 2.75) is 24.5 Å². The molecule has 2 heterocycles. The third kappa shape index (κ3) is 2.70. The summed E-state index contributed by atoms with van der Waals surface area (Å²) in [5, 5.41) is 12.6. The fourth-order valence-electron chi connectivity index (χ4n) is 2.57. The van der Waals surface area contributed by atoms with E-state index < -0.39 is 17.6 Å². The number of rotatable bonds is 3. The molecule has 0 aromatic heterocycles. The van der Waals surface area contributed by atoms with Gasteiger partial charge in [-0.3, -0.25) is 4.79 Å². The van der Waals surface area contributed by atoms with Crippen molar-refractivity contribution in [2.75, 3.05) is 11.5 Å². The zero-order chi connectivity index (χ0) is 15.0. The highest BCUT2D eigenvalue weighted by molar-refractivity contribution is 7.99. The van der Waals surface area contributed by atoms with Gasteiger partial charge in [-0.15, -0.1) is 0 Å². The lowest BCUT2D eigenvalue weighted by Crippen LogP contribution is -2.57. The minimum absolute atomic E-state index is 0.382. The van der Waals surface area contributed by atoms with E-state index in [0.717, 1.165) is 11.3 Å². The largest absolute Gasteiger partial charge is 0.480 e. The van der Waals surface area contributed by atoms with Crippen LogP contribution >= 0.6 is 23.4 Å². The van der Waals surface area contributed by atoms with Crippen molar-refractivity contribution < 1.29 is 19.4 Å². The van der Waals surface area contributed by atoms with Gasteiger partial charge >= 0.3 is 5.97 Å². The molecule has 0 aliphatic carbocycles. The van der Waals surface area contributed by atoms with Crippen LogP contribution in [0.2, 0.25) is 5.02 Å². The minimum Gasteiger partial charge on any atom is -0.480 e. The smallest absolute Gasteiger partial charge is 0.330 e. The number of nitrogens with one attached hydrogen (secondary N) is 1. The molecule has 0 unspecified atom stereocenters. The van der Waals surface area contributed by atoms with E-state index >= 15 is 0 Å². The van der Waals surface area contributed by atoms with Crippen molar-refractivity contribution in [3.05, 3.63) is 28.8 Å². The molecule has 3 rings (SSSR count). The molecular formula is C14H14ClNO4S. The van der Waals surface area contributed by atoms with Gasteiger partial charge in [0.2, 0.25) is 0 Å². The van der Waals surface area contributed by atoms with Gasteiger partial charge in [-0.25, -0.2) is 4.79 Å². The van der Waals surface area contributed by atoms with Gasteiger partial charge in [0.15, 0.2) is 6.10 Å². The highest BCUT2D eigenvalue weighted by Crippen LogP contribution is 2.32. The van der Waals surface area contributed by atoms with E-state index in [4.69, 9.17) is 16.3 Å². The predicted molar refractivity (Wildman–Crippen MR) is 80.0 cm³/mol. The van der Waals surface area contributed by atoms with Crippen LogP contribution in [-0.4, -0.2) is 40.1 Å². The van der Waals surface area contributed by atoms with Crippen LogP contribution in [0.3, 0.4) is 0 Å². The van der Waals surface area contributed by atoms with Crippen molar-refractivity contribution in [3.63, 3.8) is 0 Å². The maximum Gasteiger partial charge on any atom is 0.330 e. The highest BCUT2D eigenvalue weighted by atomic mass is 35.5. The number of carboxylic acids is 1. The van der Waals surface area contributed by atoms with Gasteiger partial charge in [0.1, 0.15) is 11.3 Å². The summed E-state index contributed by atoms with van der Waals surface area (Å²) < 4.78 is 5.59. The summed E-state index contributed by atoms with van der Waals surface area (Å²) in [6.07, 6.45) is 0.148. The van der Waals surface area contributed by atoms with Crippen LogP contribution in [0.1, 0.15) is 12.0 Å². The third-order valence-corrected chi connectivity index (χ3v) is 5.21. The van der Waals surface area contributed by atoms with Crippen LogP contribution in [0.5, 0.6) is 5.75 Å². The summed E-state index contributed by atoms with van der Waals surface area (Å²) in [5.41, 5.74) is -0.301. The number of hydrogen-bond donors (Lipinski definition) is 2. The van der Waals surface area contributed by atoms with Crippen molar-refractivity contribution in [2.24, 2.45) is 0 Å². The first-order chi connectivity index (χ1) is 10.00. The summed E-state index contributed by atoms with van der Waals surface area (Å²) in [7, 11) is 0. The maximum absolute atomic E-state index is 12.3. The van der Waals surface area contributed by atoms with E-state index in [9.17, 15) is 14.7 Å². The molecule has 2 aliphatic rings. The molecule has 5 nitrogen and oxygen atoms in total. The van der Waals surface area contributed by atoms with E-state index in [1.165, 1.54) is 11.8 Å². The lowest BCUT2D eigenvalue weighted by molar-refractivity contribution is -0.147. The van der Waals surface area contributed by atoms with Gasteiger partial charge in [0.25, 0.3) is 5.91 Å². The summed E-state index contributed by atoms with van der Waals surface area (Å²) in [6, 6.07) is 5.19. The monoisotopic (exact) mass is 327 g/mol. The van der Waals surface area contributed by atoms with Crippen molar-refractivity contribution >= 4 is 35.2 Å². The summed E-state index contributed by atoms with van der Waals surface area (Å²) in [5.74, 6) is 0.379. The van der Waals surface area contributed by atoms with E-state index in [-0.39, 0.29) is 5.91 Å². The number of hydrogen-bond acceptors (Lipinski definition) is 4. The lowest BCUT2D eigenvalue weighted by Gasteiger charge is -2.26.